The molecule has 0 radical (unpaired) electrons. The first-order chi connectivity index (χ1) is 9.85. The Morgan fingerprint density at radius 3 is 2.38 bits per heavy atom. The van der Waals surface area contributed by atoms with Gasteiger partial charge in [-0.2, -0.15) is 8.42 Å². The van der Waals surface area contributed by atoms with E-state index in [1.807, 2.05) is 0 Å². The van der Waals surface area contributed by atoms with Gasteiger partial charge in [0.25, 0.3) is 5.69 Å². The van der Waals surface area contributed by atoms with Crippen LogP contribution >= 0.6 is 11.6 Å². The zero-order chi connectivity index (χ0) is 15.5. The Labute approximate surface area is 125 Å². The smallest absolute Gasteiger partial charge is 0.367 e. The van der Waals surface area contributed by atoms with Crippen molar-refractivity contribution in [3.63, 3.8) is 0 Å². The second kappa shape index (κ2) is 5.98. The Hall–Kier alpha value is -2.32. The largest absolute Gasteiger partial charge is 0.407 e. The van der Waals surface area contributed by atoms with Crippen molar-refractivity contribution in [3.05, 3.63) is 63.7 Å². The maximum atomic E-state index is 11.8. The first-order valence-electron chi connectivity index (χ1n) is 5.58. The minimum Gasteiger partial charge on any atom is -0.367 e. The van der Waals surface area contributed by atoms with Gasteiger partial charge in [0.2, 0.25) is 0 Å². The standard InChI is InChI=1S/C12H9ClN2O5S/c13-9-2-1-3-10(8-9)14-21(18,19)20-12-6-4-11(5-7-12)15(16)17/h1-8,14H. The highest BCUT2D eigenvalue weighted by Gasteiger charge is 2.14. The number of hydrogen-bond donors (Lipinski definition) is 1. The molecule has 0 saturated heterocycles. The molecule has 0 aliphatic heterocycles. The van der Waals surface area contributed by atoms with Gasteiger partial charge in [-0.3, -0.25) is 14.8 Å². The number of halogens is 1. The van der Waals surface area contributed by atoms with Gasteiger partial charge in [-0.1, -0.05) is 17.7 Å². The molecule has 2 rings (SSSR count). The van der Waals surface area contributed by atoms with Gasteiger partial charge in [0, 0.05) is 17.2 Å². The second-order valence-corrected chi connectivity index (χ2v) is 5.62. The number of benzene rings is 2. The summed E-state index contributed by atoms with van der Waals surface area (Å²) >= 11 is 5.74. The van der Waals surface area contributed by atoms with Crippen LogP contribution in [0.3, 0.4) is 0 Å². The summed E-state index contributed by atoms with van der Waals surface area (Å²) in [6.07, 6.45) is 0. The molecule has 0 saturated carbocycles. The van der Waals surface area contributed by atoms with Crippen molar-refractivity contribution >= 4 is 33.3 Å². The van der Waals surface area contributed by atoms with Gasteiger partial charge in [0.05, 0.1) is 10.6 Å². The van der Waals surface area contributed by atoms with Gasteiger partial charge in [-0.05, 0) is 30.3 Å². The predicted octanol–water partition coefficient (Wildman–Crippen LogP) is 2.98. The van der Waals surface area contributed by atoms with Crippen LogP contribution in [0.1, 0.15) is 0 Å². The van der Waals surface area contributed by atoms with Gasteiger partial charge in [-0.15, -0.1) is 0 Å². The maximum absolute atomic E-state index is 11.8. The van der Waals surface area contributed by atoms with E-state index in [4.69, 9.17) is 15.8 Å². The van der Waals surface area contributed by atoms with Crippen LogP contribution in [0, 0.1) is 10.1 Å². The average molecular weight is 329 g/mol. The fourth-order valence-corrected chi connectivity index (χ4v) is 2.48. The number of non-ortho nitro benzene ring substituents is 1. The van der Waals surface area contributed by atoms with Crippen LogP contribution in [0.2, 0.25) is 5.02 Å². The second-order valence-electron chi connectivity index (χ2n) is 3.90. The molecule has 0 atom stereocenters. The molecule has 0 aromatic heterocycles. The van der Waals surface area contributed by atoms with Crippen LogP contribution in [0.15, 0.2) is 48.5 Å². The Morgan fingerprint density at radius 2 is 1.81 bits per heavy atom. The summed E-state index contributed by atoms with van der Waals surface area (Å²) in [7, 11) is -4.12. The van der Waals surface area contributed by atoms with Crippen LogP contribution in [0.25, 0.3) is 0 Å². The van der Waals surface area contributed by atoms with Gasteiger partial charge in [0.15, 0.2) is 0 Å². The summed E-state index contributed by atoms with van der Waals surface area (Å²) in [6.45, 7) is 0. The summed E-state index contributed by atoms with van der Waals surface area (Å²) in [6, 6.07) is 10.8. The Morgan fingerprint density at radius 1 is 1.14 bits per heavy atom. The van der Waals surface area contributed by atoms with Crippen LogP contribution in [-0.2, 0) is 10.3 Å². The molecule has 21 heavy (non-hydrogen) atoms. The number of anilines is 1. The fraction of sp³-hybridized carbons (Fsp3) is 0. The van der Waals surface area contributed by atoms with Gasteiger partial charge >= 0.3 is 10.3 Å². The summed E-state index contributed by atoms with van der Waals surface area (Å²) in [5, 5.41) is 10.9. The molecule has 2 aromatic carbocycles. The van der Waals surface area contributed by atoms with Crippen molar-refractivity contribution in [2.75, 3.05) is 4.72 Å². The zero-order valence-electron chi connectivity index (χ0n) is 10.4. The minimum absolute atomic E-state index is 0.0462. The first-order valence-corrected chi connectivity index (χ1v) is 7.36. The minimum atomic E-state index is -4.12. The number of rotatable bonds is 5. The number of nitrogens with zero attached hydrogens (tertiary/aromatic N) is 1. The first kappa shape index (κ1) is 15.1. The lowest BCUT2D eigenvalue weighted by Gasteiger charge is -2.09. The molecule has 0 spiro atoms. The molecule has 0 bridgehead atoms. The summed E-state index contributed by atoms with van der Waals surface area (Å²) in [4.78, 5) is 9.90. The summed E-state index contributed by atoms with van der Waals surface area (Å²) in [5.41, 5.74) is 0.0759. The van der Waals surface area contributed by atoms with E-state index < -0.39 is 15.2 Å². The van der Waals surface area contributed by atoms with E-state index in [2.05, 4.69) is 4.72 Å². The van der Waals surface area contributed by atoms with Gasteiger partial charge < -0.3 is 4.18 Å². The molecule has 0 heterocycles. The highest BCUT2D eigenvalue weighted by molar-refractivity contribution is 7.88. The van der Waals surface area contributed by atoms with Gasteiger partial charge in [0.1, 0.15) is 5.75 Å². The average Bonchev–Trinajstić information content (AvgIpc) is 2.38. The lowest BCUT2D eigenvalue weighted by Crippen LogP contribution is -2.19. The van der Waals surface area contributed by atoms with Crippen LogP contribution < -0.4 is 8.91 Å². The SMILES string of the molecule is O=[N+]([O-])c1ccc(OS(=O)(=O)Nc2cccc(Cl)c2)cc1. The molecular formula is C12H9ClN2O5S. The van der Waals surface area contributed by atoms with Crippen LogP contribution in [0.4, 0.5) is 11.4 Å². The Bertz CT molecular complexity index is 761. The predicted molar refractivity (Wildman–Crippen MR) is 77.7 cm³/mol. The number of nitro groups is 1. The quantitative estimate of drug-likeness (QED) is 0.672. The van der Waals surface area contributed by atoms with Crippen molar-refractivity contribution in [3.8, 4) is 5.75 Å². The monoisotopic (exact) mass is 328 g/mol. The highest BCUT2D eigenvalue weighted by atomic mass is 35.5. The lowest BCUT2D eigenvalue weighted by atomic mass is 10.3. The topological polar surface area (TPSA) is 98.5 Å². The summed E-state index contributed by atoms with van der Waals surface area (Å²) < 4.78 is 30.5. The molecule has 0 aliphatic rings. The Balaban J connectivity index is 2.12. The molecule has 9 heteroatoms. The van der Waals surface area contributed by atoms with Crippen molar-refractivity contribution in [2.24, 2.45) is 0 Å². The molecule has 1 N–H and O–H groups in total. The highest BCUT2D eigenvalue weighted by Crippen LogP contribution is 2.20. The third-order valence-electron chi connectivity index (χ3n) is 2.32. The molecule has 0 aliphatic carbocycles. The van der Waals surface area contributed by atoms with E-state index >= 15 is 0 Å². The fourth-order valence-electron chi connectivity index (χ4n) is 1.47. The summed E-state index contributed by atoms with van der Waals surface area (Å²) in [5.74, 6) is -0.0462. The van der Waals surface area contributed by atoms with Crippen molar-refractivity contribution in [1.82, 2.24) is 0 Å². The molecule has 0 fully saturated rings. The Kier molecular flexibility index (Phi) is 4.29. The zero-order valence-corrected chi connectivity index (χ0v) is 12.0. The number of nitrogens with one attached hydrogen (secondary N) is 1. The molecule has 110 valence electrons. The van der Waals surface area contributed by atoms with E-state index in [9.17, 15) is 18.5 Å². The van der Waals surface area contributed by atoms with E-state index in [-0.39, 0.29) is 17.1 Å². The van der Waals surface area contributed by atoms with E-state index in [0.29, 0.717) is 5.02 Å². The molecule has 0 unspecified atom stereocenters. The number of nitro benzene ring substituents is 1. The third-order valence-corrected chi connectivity index (χ3v) is 3.45. The van der Waals surface area contributed by atoms with Crippen molar-refractivity contribution in [1.29, 1.82) is 0 Å². The molecular weight excluding hydrogens is 320 g/mol. The van der Waals surface area contributed by atoms with E-state index in [0.717, 1.165) is 12.1 Å². The maximum Gasteiger partial charge on any atom is 0.407 e. The lowest BCUT2D eigenvalue weighted by molar-refractivity contribution is -0.384. The normalized spacial score (nSPS) is 10.9. The van der Waals surface area contributed by atoms with E-state index in [1.54, 1.807) is 12.1 Å². The van der Waals surface area contributed by atoms with Crippen LogP contribution in [-0.4, -0.2) is 13.3 Å². The molecule has 0 amide bonds. The van der Waals surface area contributed by atoms with Crippen LogP contribution in [0.5, 0.6) is 5.75 Å². The van der Waals surface area contributed by atoms with Crippen molar-refractivity contribution < 1.29 is 17.5 Å². The van der Waals surface area contributed by atoms with Crippen molar-refractivity contribution in [2.45, 2.75) is 0 Å². The number of hydrogen-bond acceptors (Lipinski definition) is 5. The third kappa shape index (κ3) is 4.33. The molecule has 2 aromatic rings. The molecule has 7 nitrogen and oxygen atoms in total. The van der Waals surface area contributed by atoms with E-state index in [1.165, 1.54) is 24.3 Å². The van der Waals surface area contributed by atoms with Gasteiger partial charge in [-0.25, -0.2) is 0 Å².